The molecule has 0 saturated heterocycles. The summed E-state index contributed by atoms with van der Waals surface area (Å²) < 4.78 is 10.8. The molecular weight excluding hydrogens is 304 g/mol. The molecule has 0 amide bonds. The highest BCUT2D eigenvalue weighted by molar-refractivity contribution is 6.00. The van der Waals surface area contributed by atoms with Crippen LogP contribution in [0.2, 0.25) is 0 Å². The van der Waals surface area contributed by atoms with Gasteiger partial charge in [-0.25, -0.2) is 4.79 Å². The summed E-state index contributed by atoms with van der Waals surface area (Å²) in [6, 6.07) is 18.6. The number of carbonyl (C=O) groups excluding carboxylic acids is 1. The van der Waals surface area contributed by atoms with Crippen LogP contribution in [0.4, 0.5) is 0 Å². The van der Waals surface area contributed by atoms with E-state index in [1.54, 1.807) is 19.1 Å². The van der Waals surface area contributed by atoms with E-state index in [2.05, 4.69) is 0 Å². The van der Waals surface area contributed by atoms with Gasteiger partial charge in [-0.2, -0.15) is 0 Å². The molecule has 0 unspecified atom stereocenters. The molecule has 3 aromatic carbocycles. The molecule has 122 valence electrons. The quantitative estimate of drug-likeness (QED) is 0.712. The molecule has 0 radical (unpaired) electrons. The molecule has 0 heterocycles. The van der Waals surface area contributed by atoms with Crippen molar-refractivity contribution in [3.8, 4) is 11.5 Å². The molecule has 0 atom stereocenters. The van der Waals surface area contributed by atoms with Crippen molar-refractivity contribution in [1.29, 1.82) is 0 Å². The fraction of sp³-hybridized carbons (Fsp3) is 0.150. The molecular formula is C20H18O4. The van der Waals surface area contributed by atoms with Crippen molar-refractivity contribution in [2.24, 2.45) is 0 Å². The third-order valence-electron chi connectivity index (χ3n) is 3.69. The van der Waals surface area contributed by atoms with E-state index in [1.165, 1.54) is 0 Å². The summed E-state index contributed by atoms with van der Waals surface area (Å²) >= 11 is 0. The van der Waals surface area contributed by atoms with Crippen LogP contribution < -0.4 is 4.74 Å². The molecule has 3 rings (SSSR count). The number of carbonyl (C=O) groups is 1. The lowest BCUT2D eigenvalue weighted by atomic mass is 10.0. The average molecular weight is 322 g/mol. The Bertz CT molecular complexity index is 856. The lowest BCUT2D eigenvalue weighted by molar-refractivity contribution is 0.0523. The van der Waals surface area contributed by atoms with E-state index in [0.717, 1.165) is 16.3 Å². The van der Waals surface area contributed by atoms with Gasteiger partial charge < -0.3 is 14.6 Å². The fourth-order valence-corrected chi connectivity index (χ4v) is 2.52. The zero-order chi connectivity index (χ0) is 16.9. The topological polar surface area (TPSA) is 55.8 Å². The number of fused-ring (bicyclic) bond motifs is 1. The molecule has 0 aliphatic carbocycles. The van der Waals surface area contributed by atoms with Gasteiger partial charge in [0.25, 0.3) is 0 Å². The van der Waals surface area contributed by atoms with E-state index < -0.39 is 5.97 Å². The van der Waals surface area contributed by atoms with E-state index in [1.807, 2.05) is 48.5 Å². The van der Waals surface area contributed by atoms with Gasteiger partial charge in [0.1, 0.15) is 23.7 Å². The van der Waals surface area contributed by atoms with E-state index in [4.69, 9.17) is 9.47 Å². The second-order valence-electron chi connectivity index (χ2n) is 5.34. The first-order chi connectivity index (χ1) is 11.7. The van der Waals surface area contributed by atoms with Gasteiger partial charge in [-0.3, -0.25) is 0 Å². The number of hydrogen-bond donors (Lipinski definition) is 1. The zero-order valence-corrected chi connectivity index (χ0v) is 13.4. The second-order valence-corrected chi connectivity index (χ2v) is 5.34. The molecule has 1 N–H and O–H groups in total. The molecule has 3 aromatic rings. The Labute approximate surface area is 140 Å². The number of ether oxygens (including phenoxy) is 2. The standard InChI is InChI=1S/C20H18O4/c1-2-23-20(22)17-11-15-9-6-10-19(16(15)12-18(17)21)24-13-14-7-4-3-5-8-14/h3-12,21H,2,13H2,1H3. The van der Waals surface area contributed by atoms with Crippen LogP contribution >= 0.6 is 0 Å². The molecule has 4 heteroatoms. The Balaban J connectivity index is 1.92. The summed E-state index contributed by atoms with van der Waals surface area (Å²) in [7, 11) is 0. The summed E-state index contributed by atoms with van der Waals surface area (Å²) in [5.41, 5.74) is 1.21. The summed E-state index contributed by atoms with van der Waals surface area (Å²) in [6.45, 7) is 2.42. The minimum atomic E-state index is -0.535. The smallest absolute Gasteiger partial charge is 0.341 e. The maximum absolute atomic E-state index is 11.9. The van der Waals surface area contributed by atoms with Gasteiger partial charge in [-0.05, 0) is 36.1 Å². The first-order valence-electron chi connectivity index (χ1n) is 7.78. The van der Waals surface area contributed by atoms with Gasteiger partial charge in [-0.15, -0.1) is 0 Å². The minimum absolute atomic E-state index is 0.114. The summed E-state index contributed by atoms with van der Waals surface area (Å²) in [6.07, 6.45) is 0. The van der Waals surface area contributed by atoms with Crippen LogP contribution in [0, 0.1) is 0 Å². The molecule has 0 aliphatic heterocycles. The Hall–Kier alpha value is -3.01. The summed E-state index contributed by atoms with van der Waals surface area (Å²) in [5.74, 6) is 0.00581. The summed E-state index contributed by atoms with van der Waals surface area (Å²) in [5, 5.41) is 11.7. The maximum Gasteiger partial charge on any atom is 0.341 e. The lowest BCUT2D eigenvalue weighted by Crippen LogP contribution is -2.05. The molecule has 0 bridgehead atoms. The lowest BCUT2D eigenvalue weighted by Gasteiger charge is -2.11. The van der Waals surface area contributed by atoms with Crippen LogP contribution in [-0.4, -0.2) is 17.7 Å². The van der Waals surface area contributed by atoms with Gasteiger partial charge in [-0.1, -0.05) is 42.5 Å². The van der Waals surface area contributed by atoms with Crippen LogP contribution in [-0.2, 0) is 11.3 Å². The highest BCUT2D eigenvalue weighted by atomic mass is 16.5. The number of phenols is 1. The van der Waals surface area contributed by atoms with Crippen LogP contribution in [0.1, 0.15) is 22.8 Å². The number of esters is 1. The molecule has 0 aromatic heterocycles. The number of aromatic hydroxyl groups is 1. The van der Waals surface area contributed by atoms with E-state index in [9.17, 15) is 9.90 Å². The highest BCUT2D eigenvalue weighted by Crippen LogP contribution is 2.32. The molecule has 0 spiro atoms. The Morgan fingerprint density at radius 3 is 2.58 bits per heavy atom. The minimum Gasteiger partial charge on any atom is -0.507 e. The Morgan fingerprint density at radius 1 is 1.04 bits per heavy atom. The molecule has 24 heavy (non-hydrogen) atoms. The molecule has 0 saturated carbocycles. The molecule has 0 fully saturated rings. The van der Waals surface area contributed by atoms with E-state index in [-0.39, 0.29) is 17.9 Å². The van der Waals surface area contributed by atoms with E-state index in [0.29, 0.717) is 12.4 Å². The molecule has 0 aliphatic rings. The highest BCUT2D eigenvalue weighted by Gasteiger charge is 2.15. The number of phenolic OH excluding ortho intramolecular Hbond substituents is 1. The summed E-state index contributed by atoms with van der Waals surface area (Å²) in [4.78, 5) is 11.9. The SMILES string of the molecule is CCOC(=O)c1cc2cccc(OCc3ccccc3)c2cc1O. The van der Waals surface area contributed by atoms with Crippen molar-refractivity contribution in [2.45, 2.75) is 13.5 Å². The fourth-order valence-electron chi connectivity index (χ4n) is 2.52. The van der Waals surface area contributed by atoms with Crippen molar-refractivity contribution in [1.82, 2.24) is 0 Å². The van der Waals surface area contributed by atoms with Gasteiger partial charge in [0.2, 0.25) is 0 Å². The van der Waals surface area contributed by atoms with Crippen molar-refractivity contribution >= 4 is 16.7 Å². The Kier molecular flexibility index (Phi) is 4.66. The second kappa shape index (κ2) is 7.04. The first-order valence-corrected chi connectivity index (χ1v) is 7.78. The van der Waals surface area contributed by atoms with Crippen molar-refractivity contribution in [3.63, 3.8) is 0 Å². The Morgan fingerprint density at radius 2 is 1.83 bits per heavy atom. The monoisotopic (exact) mass is 322 g/mol. The van der Waals surface area contributed by atoms with Crippen molar-refractivity contribution in [3.05, 3.63) is 71.8 Å². The third kappa shape index (κ3) is 3.33. The third-order valence-corrected chi connectivity index (χ3v) is 3.69. The molecule has 4 nitrogen and oxygen atoms in total. The van der Waals surface area contributed by atoms with Crippen molar-refractivity contribution < 1.29 is 19.4 Å². The van der Waals surface area contributed by atoms with Crippen LogP contribution in [0.3, 0.4) is 0 Å². The van der Waals surface area contributed by atoms with Crippen LogP contribution in [0.15, 0.2) is 60.7 Å². The number of hydrogen-bond acceptors (Lipinski definition) is 4. The largest absolute Gasteiger partial charge is 0.507 e. The van der Waals surface area contributed by atoms with Gasteiger partial charge >= 0.3 is 5.97 Å². The zero-order valence-electron chi connectivity index (χ0n) is 13.4. The predicted molar refractivity (Wildman–Crippen MR) is 92.3 cm³/mol. The average Bonchev–Trinajstić information content (AvgIpc) is 2.60. The van der Waals surface area contributed by atoms with E-state index >= 15 is 0 Å². The maximum atomic E-state index is 11.9. The van der Waals surface area contributed by atoms with Crippen LogP contribution in [0.5, 0.6) is 11.5 Å². The first kappa shape index (κ1) is 15.9. The van der Waals surface area contributed by atoms with Gasteiger partial charge in [0.05, 0.1) is 6.61 Å². The predicted octanol–water partition coefficient (Wildman–Crippen LogP) is 4.30. The van der Waals surface area contributed by atoms with Gasteiger partial charge in [0, 0.05) is 5.39 Å². The van der Waals surface area contributed by atoms with Crippen LogP contribution in [0.25, 0.3) is 10.8 Å². The number of rotatable bonds is 5. The normalized spacial score (nSPS) is 10.5. The number of benzene rings is 3. The van der Waals surface area contributed by atoms with Crippen molar-refractivity contribution in [2.75, 3.05) is 6.61 Å². The van der Waals surface area contributed by atoms with Gasteiger partial charge in [0.15, 0.2) is 0 Å².